The normalized spacial score (nSPS) is 11.6. The standard InChI is InChI=1S/C13H20N2O4S/c1-11(16)14-12-5-7-13(8-6-12)20(17,18)15(2)9-4-10-19-3/h5-8H,4,9-10H2,1-3H3,(H,14,16). The average Bonchev–Trinajstić information content (AvgIpc) is 2.38. The van der Waals surface area contributed by atoms with Gasteiger partial charge in [-0.3, -0.25) is 4.79 Å². The molecule has 0 spiro atoms. The van der Waals surface area contributed by atoms with Crippen LogP contribution in [0.15, 0.2) is 29.2 Å². The molecule has 0 bridgehead atoms. The van der Waals surface area contributed by atoms with Gasteiger partial charge in [-0.05, 0) is 30.7 Å². The number of carbonyl (C=O) groups is 1. The van der Waals surface area contributed by atoms with Crippen LogP contribution in [0.2, 0.25) is 0 Å². The van der Waals surface area contributed by atoms with Gasteiger partial charge in [0.2, 0.25) is 15.9 Å². The summed E-state index contributed by atoms with van der Waals surface area (Å²) in [6.07, 6.45) is 0.635. The highest BCUT2D eigenvalue weighted by Crippen LogP contribution is 2.17. The van der Waals surface area contributed by atoms with Crippen LogP contribution in [0.3, 0.4) is 0 Å². The Hall–Kier alpha value is -1.44. The zero-order valence-electron chi connectivity index (χ0n) is 11.9. The molecule has 1 N–H and O–H groups in total. The highest BCUT2D eigenvalue weighted by Gasteiger charge is 2.20. The fourth-order valence-corrected chi connectivity index (χ4v) is 2.85. The molecule has 0 aliphatic heterocycles. The van der Waals surface area contributed by atoms with Gasteiger partial charge in [0, 0.05) is 39.9 Å². The first-order valence-electron chi connectivity index (χ1n) is 6.21. The lowest BCUT2D eigenvalue weighted by Gasteiger charge is -2.17. The summed E-state index contributed by atoms with van der Waals surface area (Å²) < 4.78 is 30.7. The molecule has 0 unspecified atom stereocenters. The van der Waals surface area contributed by atoms with Crippen LogP contribution in [0.4, 0.5) is 5.69 Å². The van der Waals surface area contributed by atoms with Crippen LogP contribution in [0.25, 0.3) is 0 Å². The molecular weight excluding hydrogens is 280 g/mol. The van der Waals surface area contributed by atoms with E-state index in [1.807, 2.05) is 0 Å². The SMILES string of the molecule is COCCCN(C)S(=O)(=O)c1ccc(NC(C)=O)cc1. The van der Waals surface area contributed by atoms with E-state index in [0.717, 1.165) is 0 Å². The van der Waals surface area contributed by atoms with E-state index in [2.05, 4.69) is 5.32 Å². The van der Waals surface area contributed by atoms with Crippen molar-refractivity contribution >= 4 is 21.6 Å². The zero-order valence-corrected chi connectivity index (χ0v) is 12.7. The number of methoxy groups -OCH3 is 1. The average molecular weight is 300 g/mol. The third kappa shape index (κ3) is 4.59. The number of nitrogens with one attached hydrogen (secondary N) is 1. The predicted molar refractivity (Wildman–Crippen MR) is 77.1 cm³/mol. The van der Waals surface area contributed by atoms with Crippen molar-refractivity contribution in [3.63, 3.8) is 0 Å². The number of anilines is 1. The second-order valence-electron chi connectivity index (χ2n) is 4.38. The summed E-state index contributed by atoms with van der Waals surface area (Å²) in [6, 6.07) is 6.09. The Morgan fingerprint density at radius 2 is 1.90 bits per heavy atom. The van der Waals surface area contributed by atoms with Crippen LogP contribution < -0.4 is 5.32 Å². The molecule has 0 saturated heterocycles. The molecule has 0 radical (unpaired) electrons. The van der Waals surface area contributed by atoms with Gasteiger partial charge < -0.3 is 10.1 Å². The topological polar surface area (TPSA) is 75.7 Å². The van der Waals surface area contributed by atoms with Crippen LogP contribution in [0.1, 0.15) is 13.3 Å². The lowest BCUT2D eigenvalue weighted by atomic mass is 10.3. The molecule has 0 aromatic heterocycles. The Balaban J connectivity index is 2.79. The Bertz CT molecular complexity index is 540. The summed E-state index contributed by atoms with van der Waals surface area (Å²) >= 11 is 0. The van der Waals surface area contributed by atoms with E-state index in [9.17, 15) is 13.2 Å². The molecule has 1 rings (SSSR count). The van der Waals surface area contributed by atoms with Gasteiger partial charge in [-0.2, -0.15) is 0 Å². The molecule has 112 valence electrons. The number of ether oxygens (including phenoxy) is 1. The molecular formula is C13H20N2O4S. The molecule has 0 aliphatic rings. The second-order valence-corrected chi connectivity index (χ2v) is 6.42. The van der Waals surface area contributed by atoms with Crippen molar-refractivity contribution in [1.82, 2.24) is 4.31 Å². The molecule has 20 heavy (non-hydrogen) atoms. The number of hydrogen-bond acceptors (Lipinski definition) is 4. The second kappa shape index (κ2) is 7.37. The molecule has 0 heterocycles. The Kier molecular flexibility index (Phi) is 6.12. The quantitative estimate of drug-likeness (QED) is 0.770. The highest BCUT2D eigenvalue weighted by atomic mass is 32.2. The number of nitrogens with zero attached hydrogens (tertiary/aromatic N) is 1. The van der Waals surface area contributed by atoms with Gasteiger partial charge in [-0.25, -0.2) is 12.7 Å². The van der Waals surface area contributed by atoms with E-state index >= 15 is 0 Å². The van der Waals surface area contributed by atoms with Gasteiger partial charge in [0.05, 0.1) is 4.90 Å². The van der Waals surface area contributed by atoms with E-state index in [4.69, 9.17) is 4.74 Å². The van der Waals surface area contributed by atoms with Gasteiger partial charge in [0.25, 0.3) is 0 Å². The third-order valence-corrected chi connectivity index (χ3v) is 4.58. The first kappa shape index (κ1) is 16.6. The first-order valence-corrected chi connectivity index (χ1v) is 7.65. The van der Waals surface area contributed by atoms with Crippen molar-refractivity contribution in [3.05, 3.63) is 24.3 Å². The first-order chi connectivity index (χ1) is 9.37. The lowest BCUT2D eigenvalue weighted by Crippen LogP contribution is -2.28. The summed E-state index contributed by atoms with van der Waals surface area (Å²) in [7, 11) is -0.387. The fourth-order valence-electron chi connectivity index (χ4n) is 1.65. The van der Waals surface area contributed by atoms with Gasteiger partial charge in [0.15, 0.2) is 0 Å². The maximum absolute atomic E-state index is 12.3. The van der Waals surface area contributed by atoms with E-state index in [-0.39, 0.29) is 10.8 Å². The van der Waals surface area contributed by atoms with Crippen molar-refractivity contribution < 1.29 is 17.9 Å². The molecule has 7 heteroatoms. The molecule has 1 amide bonds. The number of carbonyl (C=O) groups excluding carboxylic acids is 1. The summed E-state index contributed by atoms with van der Waals surface area (Å²) in [4.78, 5) is 11.1. The van der Waals surface area contributed by atoms with Crippen molar-refractivity contribution in [2.45, 2.75) is 18.2 Å². The van der Waals surface area contributed by atoms with Gasteiger partial charge >= 0.3 is 0 Å². The smallest absolute Gasteiger partial charge is 0.242 e. The van der Waals surface area contributed by atoms with Gasteiger partial charge in [0.1, 0.15) is 0 Å². The maximum Gasteiger partial charge on any atom is 0.242 e. The molecule has 1 aromatic rings. The number of hydrogen-bond donors (Lipinski definition) is 1. The summed E-state index contributed by atoms with van der Waals surface area (Å²) in [5.41, 5.74) is 0.568. The van der Waals surface area contributed by atoms with E-state index in [1.165, 1.54) is 30.4 Å². The fraction of sp³-hybridized carbons (Fsp3) is 0.462. The van der Waals surface area contributed by atoms with Crippen molar-refractivity contribution in [2.24, 2.45) is 0 Å². The summed E-state index contributed by atoms with van der Waals surface area (Å²) in [5.74, 6) is -0.197. The van der Waals surface area contributed by atoms with Crippen LogP contribution in [0.5, 0.6) is 0 Å². The Morgan fingerprint density at radius 3 is 2.40 bits per heavy atom. The molecule has 0 saturated carbocycles. The van der Waals surface area contributed by atoms with E-state index in [1.54, 1.807) is 19.2 Å². The largest absolute Gasteiger partial charge is 0.385 e. The van der Waals surface area contributed by atoms with Gasteiger partial charge in [-0.15, -0.1) is 0 Å². The lowest BCUT2D eigenvalue weighted by molar-refractivity contribution is -0.114. The number of rotatable bonds is 7. The Morgan fingerprint density at radius 1 is 1.30 bits per heavy atom. The van der Waals surface area contributed by atoms with Crippen LogP contribution in [-0.2, 0) is 19.6 Å². The third-order valence-electron chi connectivity index (χ3n) is 2.70. The molecule has 0 aliphatic carbocycles. The molecule has 0 atom stereocenters. The highest BCUT2D eigenvalue weighted by molar-refractivity contribution is 7.89. The number of sulfonamides is 1. The maximum atomic E-state index is 12.3. The minimum atomic E-state index is -3.50. The van der Waals surface area contributed by atoms with Crippen molar-refractivity contribution in [2.75, 3.05) is 32.6 Å². The van der Waals surface area contributed by atoms with E-state index < -0.39 is 10.0 Å². The molecule has 1 aromatic carbocycles. The zero-order chi connectivity index (χ0) is 15.2. The van der Waals surface area contributed by atoms with Crippen LogP contribution in [-0.4, -0.2) is 45.9 Å². The summed E-state index contributed by atoms with van der Waals surface area (Å²) in [5, 5.41) is 2.59. The minimum Gasteiger partial charge on any atom is -0.385 e. The van der Waals surface area contributed by atoms with Crippen LogP contribution >= 0.6 is 0 Å². The monoisotopic (exact) mass is 300 g/mol. The molecule has 6 nitrogen and oxygen atoms in total. The van der Waals surface area contributed by atoms with Crippen molar-refractivity contribution in [1.29, 1.82) is 0 Å². The predicted octanol–water partition coefficient (Wildman–Crippen LogP) is 1.30. The van der Waals surface area contributed by atoms with Crippen molar-refractivity contribution in [3.8, 4) is 0 Å². The van der Waals surface area contributed by atoms with E-state index in [0.29, 0.717) is 25.3 Å². The molecule has 0 fully saturated rings. The Labute approximate surface area is 119 Å². The van der Waals surface area contributed by atoms with Gasteiger partial charge in [-0.1, -0.05) is 0 Å². The number of amides is 1. The summed E-state index contributed by atoms with van der Waals surface area (Å²) in [6.45, 7) is 2.30. The number of benzene rings is 1. The minimum absolute atomic E-state index is 0.197. The van der Waals surface area contributed by atoms with Crippen LogP contribution in [0, 0.1) is 0 Å².